The fourth-order valence-corrected chi connectivity index (χ4v) is 4.07. The number of fused-ring (bicyclic) bond motifs is 1. The van der Waals surface area contributed by atoms with Crippen molar-refractivity contribution in [1.29, 1.82) is 0 Å². The summed E-state index contributed by atoms with van der Waals surface area (Å²) in [5.41, 5.74) is 2.86. The van der Waals surface area contributed by atoms with Crippen LogP contribution in [0.3, 0.4) is 0 Å². The highest BCUT2D eigenvalue weighted by Gasteiger charge is 2.15. The van der Waals surface area contributed by atoms with Crippen LogP contribution in [0.5, 0.6) is 0 Å². The van der Waals surface area contributed by atoms with Crippen LogP contribution in [0.1, 0.15) is 23.7 Å². The lowest BCUT2D eigenvalue weighted by molar-refractivity contribution is 0.0954. The minimum Gasteiger partial charge on any atom is -0.352 e. The van der Waals surface area contributed by atoms with Gasteiger partial charge in [-0.1, -0.05) is 25.1 Å². The molecule has 1 amide bonds. The predicted octanol–water partition coefficient (Wildman–Crippen LogP) is 2.70. The SMILES string of the molecule is CCN(CCCNC(=O)c1cc(-c2ccncc2)nc2ccccc12)S(C)(=O)=O. The molecule has 3 rings (SSSR count). The zero-order chi connectivity index (χ0) is 20.9. The number of nitrogens with zero attached hydrogens (tertiary/aromatic N) is 3. The van der Waals surface area contributed by atoms with Gasteiger partial charge in [-0.25, -0.2) is 17.7 Å². The van der Waals surface area contributed by atoms with Crippen LogP contribution in [0.4, 0.5) is 0 Å². The molecule has 0 aliphatic heterocycles. The Balaban J connectivity index is 1.78. The van der Waals surface area contributed by atoms with E-state index in [0.717, 1.165) is 16.5 Å². The molecule has 29 heavy (non-hydrogen) atoms. The highest BCUT2D eigenvalue weighted by atomic mass is 32.2. The summed E-state index contributed by atoms with van der Waals surface area (Å²) in [6.07, 6.45) is 5.10. The number of hydrogen-bond donors (Lipinski definition) is 1. The molecule has 0 bridgehead atoms. The molecule has 7 nitrogen and oxygen atoms in total. The Morgan fingerprint density at radius 1 is 1.14 bits per heavy atom. The average Bonchev–Trinajstić information content (AvgIpc) is 2.72. The second kappa shape index (κ2) is 9.11. The van der Waals surface area contributed by atoms with Gasteiger partial charge in [-0.3, -0.25) is 9.78 Å². The second-order valence-corrected chi connectivity index (χ2v) is 8.65. The number of benzene rings is 1. The first-order valence-corrected chi connectivity index (χ1v) is 11.3. The van der Waals surface area contributed by atoms with Gasteiger partial charge in [0.2, 0.25) is 10.0 Å². The van der Waals surface area contributed by atoms with E-state index >= 15 is 0 Å². The van der Waals surface area contributed by atoms with Gasteiger partial charge in [0.15, 0.2) is 0 Å². The van der Waals surface area contributed by atoms with Gasteiger partial charge in [0.25, 0.3) is 5.91 Å². The van der Waals surface area contributed by atoms with Gasteiger partial charge in [-0.05, 0) is 30.7 Å². The summed E-state index contributed by atoms with van der Waals surface area (Å²) >= 11 is 0. The number of amides is 1. The first kappa shape index (κ1) is 20.9. The standard InChI is InChI=1S/C21H24N4O3S/c1-3-25(29(2,27)28)14-6-11-23-21(26)18-15-20(16-9-12-22-13-10-16)24-19-8-5-4-7-17(18)19/h4-5,7-10,12-13,15H,3,6,11,14H2,1-2H3,(H,23,26). The van der Waals surface area contributed by atoms with Gasteiger partial charge in [-0.15, -0.1) is 0 Å². The summed E-state index contributed by atoms with van der Waals surface area (Å²) < 4.78 is 24.7. The van der Waals surface area contributed by atoms with E-state index in [2.05, 4.69) is 15.3 Å². The monoisotopic (exact) mass is 412 g/mol. The summed E-state index contributed by atoms with van der Waals surface area (Å²) in [7, 11) is -3.23. The van der Waals surface area contributed by atoms with Crippen molar-refractivity contribution < 1.29 is 13.2 Å². The maximum atomic E-state index is 12.9. The quantitative estimate of drug-likeness (QED) is 0.574. The van der Waals surface area contributed by atoms with Gasteiger partial charge in [0, 0.05) is 43.0 Å². The molecule has 0 saturated heterocycles. The number of hydrogen-bond acceptors (Lipinski definition) is 5. The molecule has 0 unspecified atom stereocenters. The smallest absolute Gasteiger partial charge is 0.252 e. The Hall–Kier alpha value is -2.84. The molecule has 152 valence electrons. The minimum absolute atomic E-state index is 0.207. The van der Waals surface area contributed by atoms with E-state index in [4.69, 9.17) is 0 Å². The first-order valence-electron chi connectivity index (χ1n) is 9.43. The van der Waals surface area contributed by atoms with E-state index < -0.39 is 10.0 Å². The van der Waals surface area contributed by atoms with Crippen molar-refractivity contribution in [3.8, 4) is 11.3 Å². The molecule has 0 aliphatic rings. The van der Waals surface area contributed by atoms with Gasteiger partial charge in [0.05, 0.1) is 23.0 Å². The largest absolute Gasteiger partial charge is 0.352 e. The van der Waals surface area contributed by atoms with Crippen molar-refractivity contribution in [2.75, 3.05) is 25.9 Å². The molecule has 0 atom stereocenters. The summed E-state index contributed by atoms with van der Waals surface area (Å²) in [5.74, 6) is -0.207. The van der Waals surface area contributed by atoms with Crippen molar-refractivity contribution in [1.82, 2.24) is 19.6 Å². The lowest BCUT2D eigenvalue weighted by atomic mass is 10.0. The topological polar surface area (TPSA) is 92.3 Å². The number of carbonyl (C=O) groups is 1. The third-order valence-corrected chi connectivity index (χ3v) is 6.01. The van der Waals surface area contributed by atoms with E-state index in [1.165, 1.54) is 10.6 Å². The molecular formula is C21H24N4O3S. The van der Waals surface area contributed by atoms with Gasteiger partial charge >= 0.3 is 0 Å². The summed E-state index contributed by atoms with van der Waals surface area (Å²) in [6, 6.07) is 13.0. The molecule has 1 aromatic carbocycles. The molecule has 8 heteroatoms. The fraction of sp³-hybridized carbons (Fsp3) is 0.286. The Labute approximate surface area is 170 Å². The van der Waals surface area contributed by atoms with Crippen LogP contribution < -0.4 is 5.32 Å². The third-order valence-electron chi connectivity index (χ3n) is 4.63. The number of aromatic nitrogens is 2. The van der Waals surface area contributed by atoms with E-state index in [1.807, 2.05) is 36.4 Å². The number of rotatable bonds is 8. The van der Waals surface area contributed by atoms with Crippen LogP contribution >= 0.6 is 0 Å². The molecule has 2 heterocycles. The minimum atomic E-state index is -3.23. The first-order chi connectivity index (χ1) is 13.9. The zero-order valence-corrected chi connectivity index (χ0v) is 17.3. The van der Waals surface area contributed by atoms with Crippen molar-refractivity contribution in [2.45, 2.75) is 13.3 Å². The number of carbonyl (C=O) groups excluding carboxylic acids is 1. The Kier molecular flexibility index (Phi) is 6.56. The molecular weight excluding hydrogens is 388 g/mol. The third kappa shape index (κ3) is 5.16. The van der Waals surface area contributed by atoms with E-state index in [1.54, 1.807) is 25.4 Å². The number of nitrogens with one attached hydrogen (secondary N) is 1. The van der Waals surface area contributed by atoms with Gasteiger partial charge < -0.3 is 5.32 Å². The Morgan fingerprint density at radius 3 is 2.55 bits per heavy atom. The molecule has 0 fully saturated rings. The molecule has 1 N–H and O–H groups in total. The molecule has 0 saturated carbocycles. The number of sulfonamides is 1. The van der Waals surface area contributed by atoms with E-state index in [9.17, 15) is 13.2 Å². The highest BCUT2D eigenvalue weighted by molar-refractivity contribution is 7.88. The second-order valence-electron chi connectivity index (χ2n) is 6.67. The Bertz CT molecular complexity index is 1100. The summed E-state index contributed by atoms with van der Waals surface area (Å²) in [5, 5.41) is 3.67. The molecule has 0 aliphatic carbocycles. The normalized spacial score (nSPS) is 11.7. The van der Waals surface area contributed by atoms with Crippen LogP contribution in [0.15, 0.2) is 54.9 Å². The van der Waals surface area contributed by atoms with E-state index in [0.29, 0.717) is 37.3 Å². The lowest BCUT2D eigenvalue weighted by Gasteiger charge is -2.17. The molecule has 3 aromatic rings. The van der Waals surface area contributed by atoms with Crippen molar-refractivity contribution in [2.24, 2.45) is 0 Å². The van der Waals surface area contributed by atoms with Crippen LogP contribution in [-0.2, 0) is 10.0 Å². The van der Waals surface area contributed by atoms with Crippen LogP contribution in [0, 0.1) is 0 Å². The average molecular weight is 413 g/mol. The number of para-hydroxylation sites is 1. The van der Waals surface area contributed by atoms with Crippen molar-refractivity contribution in [3.63, 3.8) is 0 Å². The predicted molar refractivity (Wildman–Crippen MR) is 114 cm³/mol. The van der Waals surface area contributed by atoms with Gasteiger partial charge in [0.1, 0.15) is 0 Å². The highest BCUT2D eigenvalue weighted by Crippen LogP contribution is 2.24. The summed E-state index contributed by atoms with van der Waals surface area (Å²) in [4.78, 5) is 21.6. The maximum absolute atomic E-state index is 12.9. The van der Waals surface area contributed by atoms with Gasteiger partial charge in [-0.2, -0.15) is 0 Å². The maximum Gasteiger partial charge on any atom is 0.252 e. The van der Waals surface area contributed by atoms with Crippen LogP contribution in [-0.4, -0.2) is 54.5 Å². The van der Waals surface area contributed by atoms with E-state index in [-0.39, 0.29) is 5.91 Å². The van der Waals surface area contributed by atoms with Crippen molar-refractivity contribution >= 4 is 26.8 Å². The molecule has 0 radical (unpaired) electrons. The zero-order valence-electron chi connectivity index (χ0n) is 16.5. The lowest BCUT2D eigenvalue weighted by Crippen LogP contribution is -2.33. The summed E-state index contributed by atoms with van der Waals surface area (Å²) in [6.45, 7) is 2.96. The number of pyridine rings is 2. The Morgan fingerprint density at radius 2 is 1.86 bits per heavy atom. The molecule has 0 spiro atoms. The molecule has 2 aromatic heterocycles. The van der Waals surface area contributed by atoms with Crippen molar-refractivity contribution in [3.05, 3.63) is 60.4 Å². The van der Waals surface area contributed by atoms with Crippen LogP contribution in [0.2, 0.25) is 0 Å². The fourth-order valence-electron chi connectivity index (χ4n) is 3.14. The van der Waals surface area contributed by atoms with Crippen LogP contribution in [0.25, 0.3) is 22.2 Å².